The van der Waals surface area contributed by atoms with Gasteiger partial charge in [-0.05, 0) is 45.4 Å². The van der Waals surface area contributed by atoms with Crippen LogP contribution in [0.1, 0.15) is 53.2 Å². The smallest absolute Gasteiger partial charge is 0.459 e. The zero-order valence-corrected chi connectivity index (χ0v) is 25.0. The van der Waals surface area contributed by atoms with Crippen molar-refractivity contribution in [2.24, 2.45) is 5.41 Å². The van der Waals surface area contributed by atoms with E-state index in [9.17, 15) is 19.3 Å². The van der Waals surface area contributed by atoms with Crippen LogP contribution in [0.15, 0.2) is 47.4 Å². The molecule has 1 aromatic carbocycles. The quantitative estimate of drug-likeness (QED) is 0.215. The van der Waals surface area contributed by atoms with Crippen LogP contribution in [0.2, 0.25) is 0 Å². The lowest BCUT2D eigenvalue weighted by atomic mass is 9.97. The van der Waals surface area contributed by atoms with E-state index in [4.69, 9.17) is 29.0 Å². The molecule has 0 amide bonds. The predicted octanol–water partition coefficient (Wildman–Crippen LogP) is 3.04. The van der Waals surface area contributed by atoms with Crippen molar-refractivity contribution in [1.29, 1.82) is 0 Å². The largest absolute Gasteiger partial charge is 0.464 e. The van der Waals surface area contributed by atoms with Gasteiger partial charge in [0.1, 0.15) is 36.5 Å². The van der Waals surface area contributed by atoms with Crippen molar-refractivity contribution in [3.8, 4) is 5.75 Å². The average molecular weight is 597 g/mol. The zero-order chi connectivity index (χ0) is 30.2. The molecule has 2 aromatic rings. The molecule has 1 aromatic heterocycles. The van der Waals surface area contributed by atoms with E-state index in [0.717, 1.165) is 17.4 Å². The van der Waals surface area contributed by atoms with Crippen molar-refractivity contribution in [3.63, 3.8) is 0 Å². The summed E-state index contributed by atoms with van der Waals surface area (Å²) >= 11 is 0. The molecule has 0 radical (unpaired) electrons. The first-order valence-electron chi connectivity index (χ1n) is 13.5. The van der Waals surface area contributed by atoms with Gasteiger partial charge in [-0.1, -0.05) is 38.0 Å². The van der Waals surface area contributed by atoms with Crippen LogP contribution in [-0.2, 0) is 28.1 Å². The van der Waals surface area contributed by atoms with Crippen LogP contribution in [0.3, 0.4) is 0 Å². The van der Waals surface area contributed by atoms with Crippen molar-refractivity contribution in [2.75, 3.05) is 26.1 Å². The maximum Gasteiger partial charge on any atom is 0.459 e. The molecule has 6 atom stereocenters. The molecule has 41 heavy (non-hydrogen) atoms. The van der Waals surface area contributed by atoms with Crippen LogP contribution in [0.4, 0.5) is 5.82 Å². The Kier molecular flexibility index (Phi) is 11.5. The number of nitrogens with zero attached hydrogens (tertiary/aromatic N) is 2. The Morgan fingerprint density at radius 3 is 2.59 bits per heavy atom. The van der Waals surface area contributed by atoms with Crippen LogP contribution in [0.25, 0.3) is 0 Å². The molecule has 0 spiro atoms. The van der Waals surface area contributed by atoms with E-state index in [1.54, 1.807) is 51.1 Å². The molecule has 0 saturated carbocycles. The highest BCUT2D eigenvalue weighted by atomic mass is 31.2. The highest BCUT2D eigenvalue weighted by Gasteiger charge is 2.47. The first-order chi connectivity index (χ1) is 19.4. The molecule has 228 valence electrons. The lowest BCUT2D eigenvalue weighted by Gasteiger charge is -2.27. The van der Waals surface area contributed by atoms with Gasteiger partial charge in [0.25, 0.3) is 0 Å². The maximum atomic E-state index is 14.1. The average Bonchev–Trinajstić information content (AvgIpc) is 3.23. The number of nitrogen functional groups attached to an aromatic ring is 1. The number of unbranched alkanes of at least 4 members (excludes halogenated alkanes) is 1. The van der Waals surface area contributed by atoms with Crippen LogP contribution in [-0.4, -0.2) is 65.3 Å². The van der Waals surface area contributed by atoms with Crippen molar-refractivity contribution in [2.45, 2.75) is 77.5 Å². The van der Waals surface area contributed by atoms with Gasteiger partial charge in [0.15, 0.2) is 6.23 Å². The van der Waals surface area contributed by atoms with E-state index in [2.05, 4.69) is 10.1 Å². The van der Waals surface area contributed by atoms with Gasteiger partial charge in [-0.15, -0.1) is 0 Å². The number of aromatic nitrogens is 2. The number of carbonyl (C=O) groups excluding carboxylic acids is 1. The van der Waals surface area contributed by atoms with Gasteiger partial charge in [0.05, 0.1) is 18.1 Å². The minimum atomic E-state index is -4.12. The standard InChI is InChI=1S/C27H41N4O9P/c1-6-7-11-18(16-37-25(33)27(2,3)4)30-41(35,40-19-12-9-8-10-13-19)38-17-20-22(32)23(36-5)24(39-20)31-15-14-21(28)29-26(31)34/h8-10,12-15,18,20,22-24,32H,6-7,11,16-17H2,1-5H3,(H,30,35)(H2,28,29,34)/t18-,20+,22?,23?,24+,41?/m0/s1. The summed E-state index contributed by atoms with van der Waals surface area (Å²) in [5.74, 6) is -0.0779. The summed E-state index contributed by atoms with van der Waals surface area (Å²) in [6, 6.07) is 9.33. The second-order valence-corrected chi connectivity index (χ2v) is 12.5. The summed E-state index contributed by atoms with van der Waals surface area (Å²) in [7, 11) is -2.76. The van der Waals surface area contributed by atoms with Gasteiger partial charge >= 0.3 is 19.4 Å². The number of aliphatic hydroxyl groups is 1. The van der Waals surface area contributed by atoms with E-state index >= 15 is 0 Å². The van der Waals surface area contributed by atoms with Crippen LogP contribution < -0.4 is 21.0 Å². The number of aliphatic hydroxyl groups excluding tert-OH is 1. The van der Waals surface area contributed by atoms with Gasteiger partial charge in [0.2, 0.25) is 0 Å². The molecule has 3 unspecified atom stereocenters. The minimum Gasteiger partial charge on any atom is -0.464 e. The Bertz CT molecular complexity index is 1240. The topological polar surface area (TPSA) is 173 Å². The van der Waals surface area contributed by atoms with Crippen molar-refractivity contribution in [1.82, 2.24) is 14.6 Å². The molecular formula is C27H41N4O9P. The molecule has 14 heteroatoms. The third kappa shape index (κ3) is 9.09. The fourth-order valence-electron chi connectivity index (χ4n) is 4.09. The number of nitrogens with one attached hydrogen (secondary N) is 1. The van der Waals surface area contributed by atoms with Gasteiger partial charge in [-0.2, -0.15) is 4.98 Å². The molecular weight excluding hydrogens is 555 g/mol. The number of benzene rings is 1. The molecule has 3 rings (SSSR count). The molecule has 0 aliphatic carbocycles. The molecule has 1 aliphatic heterocycles. The number of para-hydroxylation sites is 1. The van der Waals surface area contributed by atoms with E-state index in [1.165, 1.54) is 19.4 Å². The maximum absolute atomic E-state index is 14.1. The van der Waals surface area contributed by atoms with Gasteiger partial charge in [0, 0.05) is 13.3 Å². The summed E-state index contributed by atoms with van der Waals surface area (Å²) in [6.07, 6.45) is -0.745. The third-order valence-corrected chi connectivity index (χ3v) is 7.98. The van der Waals surface area contributed by atoms with Crippen LogP contribution in [0, 0.1) is 5.41 Å². The zero-order valence-electron chi connectivity index (χ0n) is 24.1. The minimum absolute atomic E-state index is 0.0366. The van der Waals surface area contributed by atoms with E-state index in [0.29, 0.717) is 6.42 Å². The number of carbonyl (C=O) groups is 1. The molecule has 1 saturated heterocycles. The number of rotatable bonds is 14. The second kappa shape index (κ2) is 14.4. The molecule has 4 N–H and O–H groups in total. The molecule has 13 nitrogen and oxygen atoms in total. The predicted molar refractivity (Wildman–Crippen MR) is 151 cm³/mol. The fourth-order valence-corrected chi connectivity index (χ4v) is 5.66. The number of ether oxygens (including phenoxy) is 3. The third-order valence-electron chi connectivity index (χ3n) is 6.36. The summed E-state index contributed by atoms with van der Waals surface area (Å²) in [5, 5.41) is 13.9. The molecule has 2 heterocycles. The number of anilines is 1. The van der Waals surface area contributed by atoms with Crippen molar-refractivity contribution in [3.05, 3.63) is 53.1 Å². The summed E-state index contributed by atoms with van der Waals surface area (Å²) in [4.78, 5) is 28.5. The van der Waals surface area contributed by atoms with Crippen molar-refractivity contribution >= 4 is 19.5 Å². The Morgan fingerprint density at radius 2 is 1.98 bits per heavy atom. The fraction of sp³-hybridized carbons (Fsp3) is 0.593. The van der Waals surface area contributed by atoms with Crippen LogP contribution >= 0.6 is 7.75 Å². The van der Waals surface area contributed by atoms with E-state index in [-0.39, 0.29) is 24.8 Å². The van der Waals surface area contributed by atoms with Gasteiger partial charge in [-0.25, -0.2) is 14.4 Å². The molecule has 1 fully saturated rings. The van der Waals surface area contributed by atoms with Gasteiger partial charge < -0.3 is 29.6 Å². The molecule has 0 bridgehead atoms. The Balaban J connectivity index is 1.80. The highest BCUT2D eigenvalue weighted by molar-refractivity contribution is 7.52. The number of hydrogen-bond donors (Lipinski definition) is 3. The number of methoxy groups -OCH3 is 1. The van der Waals surface area contributed by atoms with E-state index < -0.39 is 55.4 Å². The molecule has 1 aliphatic rings. The lowest BCUT2D eigenvalue weighted by molar-refractivity contribution is -0.153. The Labute approximate surface area is 239 Å². The summed E-state index contributed by atoms with van der Waals surface area (Å²) < 4.78 is 43.7. The highest BCUT2D eigenvalue weighted by Crippen LogP contribution is 2.46. The number of nitrogens with two attached hydrogens (primary N) is 1. The Hall–Kier alpha value is -2.80. The van der Waals surface area contributed by atoms with Crippen LogP contribution in [0.5, 0.6) is 5.75 Å². The second-order valence-electron chi connectivity index (χ2n) is 10.8. The van der Waals surface area contributed by atoms with Crippen molar-refractivity contribution < 1.29 is 37.7 Å². The van der Waals surface area contributed by atoms with E-state index in [1.807, 2.05) is 6.92 Å². The SMILES string of the molecule is CCCC[C@@H](COC(=O)C(C)(C)C)NP(=O)(OC[C@H]1O[C@@H](n2ccc(N)nc2=O)C(OC)C1O)Oc1ccccc1. The lowest BCUT2D eigenvalue weighted by Crippen LogP contribution is -2.38. The monoisotopic (exact) mass is 596 g/mol. The first kappa shape index (κ1) is 32.7. The summed E-state index contributed by atoms with van der Waals surface area (Å²) in [5.41, 5.74) is 4.20. The Morgan fingerprint density at radius 1 is 1.27 bits per heavy atom. The normalized spacial score (nSPS) is 23.1. The number of esters is 1. The van der Waals surface area contributed by atoms with Gasteiger partial charge in [-0.3, -0.25) is 13.9 Å². The summed E-state index contributed by atoms with van der Waals surface area (Å²) in [6.45, 7) is 6.83. The first-order valence-corrected chi connectivity index (χ1v) is 15.1. The number of hydrogen-bond acceptors (Lipinski definition) is 11.